The molecule has 4 aliphatic rings. The van der Waals surface area contributed by atoms with Crippen molar-refractivity contribution in [1.82, 2.24) is 5.32 Å². The van der Waals surface area contributed by atoms with E-state index in [1.807, 2.05) is 56.3 Å². The summed E-state index contributed by atoms with van der Waals surface area (Å²) in [6.45, 7) is 7.15. The molecule has 1 amide bonds. The van der Waals surface area contributed by atoms with E-state index in [1.165, 1.54) is 6.92 Å². The highest BCUT2D eigenvalue weighted by molar-refractivity contribution is 5.92. The van der Waals surface area contributed by atoms with Gasteiger partial charge in [0.15, 0.2) is 5.78 Å². The Bertz CT molecular complexity index is 1130. The second-order valence-electron chi connectivity index (χ2n) is 11.0. The first-order valence-corrected chi connectivity index (χ1v) is 12.5. The molecule has 8 nitrogen and oxygen atoms in total. The molecule has 8 heteroatoms. The quantitative estimate of drug-likeness (QED) is 0.368. The zero-order valence-electron chi connectivity index (χ0n) is 21.0. The number of nitrogens with one attached hydrogen (secondary N) is 1. The van der Waals surface area contributed by atoms with E-state index in [0.717, 1.165) is 17.9 Å². The number of epoxide rings is 1. The maximum absolute atomic E-state index is 13.8. The second kappa shape index (κ2) is 8.56. The molecule has 0 aromatic heterocycles. The lowest BCUT2D eigenvalue weighted by molar-refractivity contribution is -0.153. The van der Waals surface area contributed by atoms with E-state index in [4.69, 9.17) is 14.2 Å². The number of hydrogen-bond donors (Lipinski definition) is 2. The van der Waals surface area contributed by atoms with Gasteiger partial charge in [-0.3, -0.25) is 9.59 Å². The highest BCUT2D eigenvalue weighted by Crippen LogP contribution is 2.63. The molecule has 1 aromatic rings. The lowest BCUT2D eigenvalue weighted by atomic mass is 9.59. The molecule has 5 rings (SSSR count). The maximum Gasteiger partial charge on any atom is 0.514 e. The van der Waals surface area contributed by atoms with Crippen LogP contribution in [0.25, 0.3) is 0 Å². The number of allylic oxidation sites excluding steroid dienone is 1. The Labute approximate surface area is 210 Å². The van der Waals surface area contributed by atoms with Crippen LogP contribution in [-0.2, 0) is 30.2 Å². The first kappa shape index (κ1) is 24.7. The average Bonchev–Trinajstić information content (AvgIpc) is 3.45. The Hall–Kier alpha value is -2.97. The number of cyclic esters (lactones) is 1. The largest absolute Gasteiger partial charge is 0.514 e. The van der Waals surface area contributed by atoms with Crippen LogP contribution in [0.4, 0.5) is 4.79 Å². The molecule has 0 bridgehead atoms. The van der Waals surface area contributed by atoms with Crippen molar-refractivity contribution in [3.05, 3.63) is 60.4 Å². The van der Waals surface area contributed by atoms with Gasteiger partial charge in [-0.2, -0.15) is 0 Å². The number of ether oxygens (including phenoxy) is 3. The van der Waals surface area contributed by atoms with Crippen molar-refractivity contribution in [2.75, 3.05) is 0 Å². The van der Waals surface area contributed by atoms with Crippen LogP contribution < -0.4 is 5.32 Å². The minimum atomic E-state index is -1.81. The summed E-state index contributed by atoms with van der Waals surface area (Å²) in [7, 11) is 0. The fourth-order valence-electron chi connectivity index (χ4n) is 6.51. The first-order chi connectivity index (χ1) is 17.0. The highest BCUT2D eigenvalue weighted by atomic mass is 16.7. The summed E-state index contributed by atoms with van der Waals surface area (Å²) in [5.41, 5.74) is -2.76. The monoisotopic (exact) mass is 495 g/mol. The number of benzene rings is 1. The number of ketones is 1. The zero-order valence-corrected chi connectivity index (χ0v) is 21.0. The third-order valence-electron chi connectivity index (χ3n) is 8.64. The van der Waals surface area contributed by atoms with Gasteiger partial charge in [0.25, 0.3) is 5.91 Å². The van der Waals surface area contributed by atoms with E-state index in [1.54, 1.807) is 6.92 Å². The highest BCUT2D eigenvalue weighted by Gasteiger charge is 2.78. The van der Waals surface area contributed by atoms with Crippen LogP contribution in [0.15, 0.2) is 54.8 Å². The van der Waals surface area contributed by atoms with Crippen LogP contribution in [-0.4, -0.2) is 51.9 Å². The van der Waals surface area contributed by atoms with Gasteiger partial charge in [-0.05, 0) is 44.2 Å². The van der Waals surface area contributed by atoms with Gasteiger partial charge >= 0.3 is 6.16 Å². The van der Waals surface area contributed by atoms with Crippen molar-refractivity contribution in [2.45, 2.75) is 69.5 Å². The number of carbonyl (C=O) groups excluding carboxylic acids is 3. The molecule has 9 atom stereocenters. The van der Waals surface area contributed by atoms with E-state index in [9.17, 15) is 19.5 Å². The number of rotatable bonds is 2. The molecule has 1 aromatic carbocycles. The standard InChI is InChI=1S/C28H33NO7/c1-16-9-8-12-19-23-27(4,35-23)17(2)21-20(15-18-10-6-5-7-11-18)29-24(31)28(19,21)36-25(32)34-14-13-26(3,33)22(16)30/h5-8,10-14,16-17,19-21,23,33H,9,15H2,1-4H3,(H,29,31)/b12-8+,14-13+/t16-,17-,19+,20-,21-,23-,26-,27+,28+/m0/s1. The van der Waals surface area contributed by atoms with Crippen molar-refractivity contribution in [1.29, 1.82) is 0 Å². The Morgan fingerprint density at radius 3 is 2.56 bits per heavy atom. The smallest absolute Gasteiger partial charge is 0.416 e. The van der Waals surface area contributed by atoms with Gasteiger partial charge in [0.05, 0.1) is 23.9 Å². The van der Waals surface area contributed by atoms with Crippen LogP contribution in [0, 0.1) is 23.7 Å². The van der Waals surface area contributed by atoms with Gasteiger partial charge < -0.3 is 24.6 Å². The summed E-state index contributed by atoms with van der Waals surface area (Å²) in [5, 5.41) is 13.7. The van der Waals surface area contributed by atoms with Crippen LogP contribution in [0.2, 0.25) is 0 Å². The number of Topliss-reactive ketones (excluding diaryl/α,β-unsaturated/α-hetero) is 1. The SMILES string of the molecule is C[C@H]1C/C=C/[C@@H]2[C@@H]3O[C@]3(C)[C@@H](C)[C@H]3[C@H](Cc4ccccc4)NC(=O)[C@]32OC(=O)O/C=C/[C@](C)(O)C1=O. The topological polar surface area (TPSA) is 114 Å². The predicted molar refractivity (Wildman–Crippen MR) is 129 cm³/mol. The van der Waals surface area contributed by atoms with Crippen molar-refractivity contribution in [2.24, 2.45) is 23.7 Å². The summed E-state index contributed by atoms with van der Waals surface area (Å²) in [6.07, 6.45) is 5.28. The fourth-order valence-corrected chi connectivity index (χ4v) is 6.51. The number of hydrogen-bond acceptors (Lipinski definition) is 7. The molecule has 2 saturated heterocycles. The summed E-state index contributed by atoms with van der Waals surface area (Å²) < 4.78 is 17.3. The van der Waals surface area contributed by atoms with Gasteiger partial charge in [0, 0.05) is 17.9 Å². The molecule has 36 heavy (non-hydrogen) atoms. The number of fused-ring (bicyclic) bond motifs is 2. The number of aliphatic hydroxyl groups is 1. The number of carbonyl (C=O) groups is 3. The Kier molecular flexibility index (Phi) is 5.87. The lowest BCUT2D eigenvalue weighted by Gasteiger charge is -2.45. The molecular formula is C28H33NO7. The Balaban J connectivity index is 1.58. The van der Waals surface area contributed by atoms with Gasteiger partial charge in [-0.1, -0.05) is 56.3 Å². The molecule has 0 radical (unpaired) electrons. The second-order valence-corrected chi connectivity index (χ2v) is 11.0. The van der Waals surface area contributed by atoms with Crippen molar-refractivity contribution in [3.8, 4) is 0 Å². The third-order valence-corrected chi connectivity index (χ3v) is 8.64. The predicted octanol–water partition coefficient (Wildman–Crippen LogP) is 3.09. The van der Waals surface area contributed by atoms with E-state index < -0.39 is 40.6 Å². The van der Waals surface area contributed by atoms with E-state index in [0.29, 0.717) is 12.8 Å². The molecule has 1 aliphatic carbocycles. The first-order valence-electron chi connectivity index (χ1n) is 12.5. The minimum absolute atomic E-state index is 0.0972. The molecule has 2 N–H and O–H groups in total. The zero-order chi connectivity index (χ0) is 25.9. The van der Waals surface area contributed by atoms with Crippen LogP contribution in [0.3, 0.4) is 0 Å². The summed E-state index contributed by atoms with van der Waals surface area (Å²) in [4.78, 5) is 39.5. The van der Waals surface area contributed by atoms with Gasteiger partial charge in [0.1, 0.15) is 5.60 Å². The number of amides is 1. The summed E-state index contributed by atoms with van der Waals surface area (Å²) in [5.74, 6) is -2.32. The van der Waals surface area contributed by atoms with Gasteiger partial charge in [-0.15, -0.1) is 0 Å². The minimum Gasteiger partial charge on any atom is -0.416 e. The Morgan fingerprint density at radius 2 is 1.83 bits per heavy atom. The molecule has 3 fully saturated rings. The third kappa shape index (κ3) is 3.78. The van der Waals surface area contributed by atoms with E-state index >= 15 is 0 Å². The van der Waals surface area contributed by atoms with E-state index in [2.05, 4.69) is 5.32 Å². The van der Waals surface area contributed by atoms with Crippen LogP contribution in [0.1, 0.15) is 39.7 Å². The van der Waals surface area contributed by atoms with E-state index in [-0.39, 0.29) is 29.9 Å². The van der Waals surface area contributed by atoms with Crippen molar-refractivity contribution >= 4 is 17.8 Å². The molecule has 0 unspecified atom stereocenters. The fraction of sp³-hybridized carbons (Fsp3) is 0.536. The normalized spacial score (nSPS) is 45.8. The average molecular weight is 496 g/mol. The molecule has 3 heterocycles. The van der Waals surface area contributed by atoms with Crippen LogP contribution >= 0.6 is 0 Å². The van der Waals surface area contributed by atoms with Crippen molar-refractivity contribution < 1.29 is 33.7 Å². The Morgan fingerprint density at radius 1 is 1.11 bits per heavy atom. The molecule has 1 spiro atoms. The molecule has 192 valence electrons. The lowest BCUT2D eigenvalue weighted by Crippen LogP contribution is -2.61. The maximum atomic E-state index is 13.8. The molecule has 3 aliphatic heterocycles. The van der Waals surface area contributed by atoms with Crippen molar-refractivity contribution in [3.63, 3.8) is 0 Å². The van der Waals surface area contributed by atoms with Gasteiger partial charge in [-0.25, -0.2) is 4.79 Å². The van der Waals surface area contributed by atoms with Gasteiger partial charge in [0.2, 0.25) is 5.60 Å². The summed E-state index contributed by atoms with van der Waals surface area (Å²) in [6, 6.07) is 9.58. The van der Waals surface area contributed by atoms with Crippen LogP contribution in [0.5, 0.6) is 0 Å². The summed E-state index contributed by atoms with van der Waals surface area (Å²) >= 11 is 0. The molecule has 1 saturated carbocycles. The molecular weight excluding hydrogens is 462 g/mol.